The van der Waals surface area contributed by atoms with E-state index < -0.39 is 11.9 Å². The Morgan fingerprint density at radius 3 is 2.33 bits per heavy atom. The lowest BCUT2D eigenvalue weighted by Gasteiger charge is -2.20. The lowest BCUT2D eigenvalue weighted by atomic mass is 10.1. The Hall–Kier alpha value is -1.00. The van der Waals surface area contributed by atoms with Gasteiger partial charge in [-0.3, -0.25) is 5.41 Å². The van der Waals surface area contributed by atoms with Crippen molar-refractivity contribution in [2.45, 2.75) is 52.3 Å². The van der Waals surface area contributed by atoms with E-state index in [9.17, 15) is 13.2 Å². The third-order valence-corrected chi connectivity index (χ3v) is 3.29. The normalized spacial score (nSPS) is 25.6. The van der Waals surface area contributed by atoms with Gasteiger partial charge in [-0.1, -0.05) is 20.8 Å². The molecule has 0 radical (unpaired) electrons. The summed E-state index contributed by atoms with van der Waals surface area (Å²) in [5.74, 6) is 0.585. The maximum atomic E-state index is 12.4. The van der Waals surface area contributed by atoms with Crippen molar-refractivity contribution in [2.24, 2.45) is 11.8 Å². The van der Waals surface area contributed by atoms with Gasteiger partial charge < -0.3 is 5.32 Å². The molecule has 2 atom stereocenters. The molecule has 104 valence electrons. The SMILES string of the molecule is CC1CCC(N/C(=C\C(=N)C(F)(F)F)C(C)C)C1. The molecule has 5 heteroatoms. The molecule has 1 aliphatic rings. The Morgan fingerprint density at radius 2 is 1.94 bits per heavy atom. The Kier molecular flexibility index (Phi) is 4.82. The zero-order valence-corrected chi connectivity index (χ0v) is 11.1. The number of alkyl halides is 3. The largest absolute Gasteiger partial charge is 0.432 e. The molecule has 1 rings (SSSR count). The highest BCUT2D eigenvalue weighted by Gasteiger charge is 2.33. The van der Waals surface area contributed by atoms with Crippen molar-refractivity contribution in [3.8, 4) is 0 Å². The van der Waals surface area contributed by atoms with Gasteiger partial charge in [-0.15, -0.1) is 0 Å². The summed E-state index contributed by atoms with van der Waals surface area (Å²) in [4.78, 5) is 0. The molecule has 0 amide bonds. The van der Waals surface area contributed by atoms with Crippen LogP contribution in [-0.2, 0) is 0 Å². The van der Waals surface area contributed by atoms with Gasteiger partial charge >= 0.3 is 6.18 Å². The van der Waals surface area contributed by atoms with E-state index in [1.165, 1.54) is 0 Å². The van der Waals surface area contributed by atoms with E-state index in [4.69, 9.17) is 5.41 Å². The molecular formula is C13H21F3N2. The van der Waals surface area contributed by atoms with Crippen LogP contribution in [0.25, 0.3) is 0 Å². The lowest BCUT2D eigenvalue weighted by molar-refractivity contribution is -0.0584. The fraction of sp³-hybridized carbons (Fsp3) is 0.769. The van der Waals surface area contributed by atoms with Crippen molar-refractivity contribution in [1.29, 1.82) is 5.41 Å². The summed E-state index contributed by atoms with van der Waals surface area (Å²) in [7, 11) is 0. The van der Waals surface area contributed by atoms with Crippen molar-refractivity contribution >= 4 is 5.71 Å². The molecule has 0 aromatic carbocycles. The third kappa shape index (κ3) is 4.35. The van der Waals surface area contributed by atoms with Gasteiger partial charge in [0.05, 0.1) is 0 Å². The van der Waals surface area contributed by atoms with Gasteiger partial charge in [0.15, 0.2) is 0 Å². The van der Waals surface area contributed by atoms with Crippen molar-refractivity contribution in [2.75, 3.05) is 0 Å². The van der Waals surface area contributed by atoms with E-state index in [2.05, 4.69) is 12.2 Å². The monoisotopic (exact) mass is 262 g/mol. The summed E-state index contributed by atoms with van der Waals surface area (Å²) in [6.45, 7) is 5.82. The average molecular weight is 262 g/mol. The van der Waals surface area contributed by atoms with Gasteiger partial charge in [-0.25, -0.2) is 0 Å². The molecule has 0 aromatic rings. The number of nitrogens with one attached hydrogen (secondary N) is 2. The van der Waals surface area contributed by atoms with Crippen LogP contribution in [0.2, 0.25) is 0 Å². The smallest absolute Gasteiger partial charge is 0.385 e. The Bertz CT molecular complexity index is 332. The number of hydrogen-bond acceptors (Lipinski definition) is 2. The second-order valence-electron chi connectivity index (χ2n) is 5.43. The van der Waals surface area contributed by atoms with Gasteiger partial charge in [0.1, 0.15) is 5.71 Å². The first-order chi connectivity index (χ1) is 8.20. The quantitative estimate of drug-likeness (QED) is 0.741. The zero-order chi connectivity index (χ0) is 13.9. The van der Waals surface area contributed by atoms with Crippen molar-refractivity contribution < 1.29 is 13.2 Å². The highest BCUT2D eigenvalue weighted by atomic mass is 19.4. The van der Waals surface area contributed by atoms with Crippen LogP contribution in [-0.4, -0.2) is 17.9 Å². The topological polar surface area (TPSA) is 35.9 Å². The van der Waals surface area contributed by atoms with Crippen LogP contribution < -0.4 is 5.32 Å². The summed E-state index contributed by atoms with van der Waals surface area (Å²) in [5, 5.41) is 10.2. The van der Waals surface area contributed by atoms with Crippen molar-refractivity contribution in [1.82, 2.24) is 5.32 Å². The van der Waals surface area contributed by atoms with Crippen LogP contribution in [0.5, 0.6) is 0 Å². The summed E-state index contributed by atoms with van der Waals surface area (Å²) in [6, 6.07) is 0.245. The predicted octanol–water partition coefficient (Wildman–Crippen LogP) is 3.89. The Labute approximate surface area is 106 Å². The van der Waals surface area contributed by atoms with Crippen molar-refractivity contribution in [3.05, 3.63) is 11.8 Å². The molecule has 1 saturated carbocycles. The average Bonchev–Trinajstić information content (AvgIpc) is 2.61. The van der Waals surface area contributed by atoms with Gasteiger partial charge in [0.25, 0.3) is 0 Å². The van der Waals surface area contributed by atoms with E-state index in [1.807, 2.05) is 13.8 Å². The van der Waals surface area contributed by atoms with Crippen molar-refractivity contribution in [3.63, 3.8) is 0 Å². The number of hydrogen-bond donors (Lipinski definition) is 2. The van der Waals surface area contributed by atoms with E-state index in [-0.39, 0.29) is 12.0 Å². The first-order valence-corrected chi connectivity index (χ1v) is 6.34. The molecule has 2 unspecified atom stereocenters. The number of halogens is 3. The minimum Gasteiger partial charge on any atom is -0.385 e. The minimum absolute atomic E-state index is 0.0383. The first kappa shape index (κ1) is 15.1. The van der Waals surface area contributed by atoms with Gasteiger partial charge in [-0.2, -0.15) is 13.2 Å². The van der Waals surface area contributed by atoms with Crippen LogP contribution in [0.15, 0.2) is 11.8 Å². The molecule has 2 nitrogen and oxygen atoms in total. The molecule has 0 aromatic heterocycles. The number of rotatable bonds is 4. The summed E-state index contributed by atoms with van der Waals surface area (Å²) in [5.41, 5.74) is -0.777. The third-order valence-electron chi connectivity index (χ3n) is 3.29. The molecule has 0 saturated heterocycles. The highest BCUT2D eigenvalue weighted by molar-refractivity contribution is 5.97. The molecule has 0 bridgehead atoms. The van der Waals surface area contributed by atoms with Crippen LogP contribution >= 0.6 is 0 Å². The second-order valence-corrected chi connectivity index (χ2v) is 5.43. The summed E-state index contributed by atoms with van der Waals surface area (Å²) < 4.78 is 37.1. The Balaban J connectivity index is 2.71. The predicted molar refractivity (Wildman–Crippen MR) is 66.6 cm³/mol. The maximum Gasteiger partial charge on any atom is 0.432 e. The molecular weight excluding hydrogens is 241 g/mol. The standard InChI is InChI=1S/C13H21F3N2/c1-8(2)11(7-12(17)13(14,15)16)18-10-5-4-9(3)6-10/h7-10,17-18H,4-6H2,1-3H3/b11-7-,17-12?. The Morgan fingerprint density at radius 1 is 1.33 bits per heavy atom. The van der Waals surface area contributed by atoms with Gasteiger partial charge in [0.2, 0.25) is 0 Å². The van der Waals surface area contributed by atoms with E-state index in [1.54, 1.807) is 0 Å². The summed E-state index contributed by atoms with van der Waals surface area (Å²) in [6.07, 6.45) is -0.549. The molecule has 1 aliphatic carbocycles. The first-order valence-electron chi connectivity index (χ1n) is 6.34. The van der Waals surface area contributed by atoms with E-state index in [0.29, 0.717) is 11.6 Å². The molecule has 0 heterocycles. The highest BCUT2D eigenvalue weighted by Crippen LogP contribution is 2.26. The molecule has 1 fully saturated rings. The van der Waals surface area contributed by atoms with Gasteiger partial charge in [-0.05, 0) is 37.2 Å². The molecule has 0 aliphatic heterocycles. The number of allylic oxidation sites excluding steroid dienone is 2. The van der Waals surface area contributed by atoms with Crippen LogP contribution in [0.4, 0.5) is 13.2 Å². The summed E-state index contributed by atoms with van der Waals surface area (Å²) >= 11 is 0. The molecule has 2 N–H and O–H groups in total. The molecule has 0 spiro atoms. The van der Waals surface area contributed by atoms with E-state index in [0.717, 1.165) is 25.3 Å². The fourth-order valence-electron chi connectivity index (χ4n) is 2.19. The van der Waals surface area contributed by atoms with Crippen LogP contribution in [0, 0.1) is 17.2 Å². The zero-order valence-electron chi connectivity index (χ0n) is 11.1. The van der Waals surface area contributed by atoms with E-state index >= 15 is 0 Å². The van der Waals surface area contributed by atoms with Gasteiger partial charge in [0, 0.05) is 11.7 Å². The second kappa shape index (κ2) is 5.76. The fourth-order valence-corrected chi connectivity index (χ4v) is 2.19. The van der Waals surface area contributed by atoms with Crippen LogP contribution in [0.3, 0.4) is 0 Å². The lowest BCUT2D eigenvalue weighted by Crippen LogP contribution is -2.30. The minimum atomic E-state index is -4.56. The maximum absolute atomic E-state index is 12.4. The molecule has 18 heavy (non-hydrogen) atoms. The van der Waals surface area contributed by atoms with Crippen LogP contribution in [0.1, 0.15) is 40.0 Å².